The van der Waals surface area contributed by atoms with Crippen molar-refractivity contribution in [1.29, 1.82) is 0 Å². The minimum Gasteiger partial charge on any atom is -0.465 e. The minimum absolute atomic E-state index is 0.227. The second kappa shape index (κ2) is 7.22. The molecule has 0 aromatic carbocycles. The number of aromatic amines is 1. The normalized spacial score (nSPS) is 12.4. The number of aromatic nitrogens is 3. The Bertz CT molecular complexity index is 443. The van der Waals surface area contributed by atoms with Crippen LogP contribution in [0.15, 0.2) is 9.95 Å². The summed E-state index contributed by atoms with van der Waals surface area (Å²) >= 11 is 1.39. The third-order valence-corrected chi connectivity index (χ3v) is 3.30. The van der Waals surface area contributed by atoms with Crippen LogP contribution in [-0.4, -0.2) is 39.1 Å². The van der Waals surface area contributed by atoms with Crippen molar-refractivity contribution in [3.8, 4) is 0 Å². The molecule has 1 aromatic heterocycles. The molecular weight excluding hydrogens is 256 g/mol. The molecular formula is C10H18N4O3S. The monoisotopic (exact) mass is 274 g/mol. The number of carbonyl (C=O) groups is 1. The van der Waals surface area contributed by atoms with Crippen LogP contribution in [0.3, 0.4) is 0 Å². The van der Waals surface area contributed by atoms with Crippen molar-refractivity contribution < 1.29 is 9.53 Å². The fraction of sp³-hybridized carbons (Fsp3) is 0.700. The van der Waals surface area contributed by atoms with E-state index < -0.39 is 12.0 Å². The van der Waals surface area contributed by atoms with Gasteiger partial charge in [-0.2, -0.15) is 0 Å². The second-order valence-corrected chi connectivity index (χ2v) is 4.61. The van der Waals surface area contributed by atoms with Crippen molar-refractivity contribution in [2.75, 3.05) is 12.4 Å². The van der Waals surface area contributed by atoms with E-state index in [-0.39, 0.29) is 5.69 Å². The maximum Gasteiger partial charge on any atom is 0.343 e. The molecule has 0 spiro atoms. The predicted octanol–water partition coefficient (Wildman–Crippen LogP) is -0.0361. The summed E-state index contributed by atoms with van der Waals surface area (Å²) in [5.74, 6) is 0.206. The number of H-pyrrole nitrogens is 1. The van der Waals surface area contributed by atoms with Crippen molar-refractivity contribution in [3.05, 3.63) is 10.5 Å². The van der Waals surface area contributed by atoms with Crippen LogP contribution in [0.1, 0.15) is 20.3 Å². The molecule has 18 heavy (non-hydrogen) atoms. The molecule has 102 valence electrons. The summed E-state index contributed by atoms with van der Waals surface area (Å²) < 4.78 is 6.33. The van der Waals surface area contributed by atoms with Crippen LogP contribution < -0.4 is 11.4 Å². The summed E-state index contributed by atoms with van der Waals surface area (Å²) in [6.45, 7) is 4.49. The van der Waals surface area contributed by atoms with Gasteiger partial charge in [0.05, 0.1) is 6.61 Å². The Kier molecular flexibility index (Phi) is 5.93. The van der Waals surface area contributed by atoms with Crippen molar-refractivity contribution in [2.45, 2.75) is 38.0 Å². The topological polar surface area (TPSA) is 103 Å². The number of ether oxygens (including phenoxy) is 1. The molecule has 0 bridgehead atoms. The molecule has 0 amide bonds. The molecule has 1 heterocycles. The van der Waals surface area contributed by atoms with Gasteiger partial charge >= 0.3 is 11.7 Å². The number of esters is 1. The second-order valence-electron chi connectivity index (χ2n) is 3.55. The lowest BCUT2D eigenvalue weighted by Gasteiger charge is -2.09. The molecule has 0 saturated carbocycles. The average molecular weight is 274 g/mol. The van der Waals surface area contributed by atoms with Crippen LogP contribution in [-0.2, 0) is 16.1 Å². The molecule has 7 nitrogen and oxygen atoms in total. The number of nitrogens with two attached hydrogens (primary N) is 1. The number of nitrogens with one attached hydrogen (secondary N) is 1. The third kappa shape index (κ3) is 3.88. The van der Waals surface area contributed by atoms with Gasteiger partial charge in [-0.25, -0.2) is 9.89 Å². The highest BCUT2D eigenvalue weighted by Crippen LogP contribution is 2.14. The predicted molar refractivity (Wildman–Crippen MR) is 68.5 cm³/mol. The quantitative estimate of drug-likeness (QED) is 0.534. The lowest BCUT2D eigenvalue weighted by molar-refractivity contribution is -0.144. The highest BCUT2D eigenvalue weighted by molar-refractivity contribution is 7.99. The van der Waals surface area contributed by atoms with E-state index in [0.29, 0.717) is 30.5 Å². The zero-order valence-corrected chi connectivity index (χ0v) is 11.3. The lowest BCUT2D eigenvalue weighted by atomic mass is 10.2. The van der Waals surface area contributed by atoms with Crippen LogP contribution in [0, 0.1) is 0 Å². The van der Waals surface area contributed by atoms with Crippen LogP contribution in [0.2, 0.25) is 0 Å². The van der Waals surface area contributed by atoms with Gasteiger partial charge in [-0.15, -0.1) is 5.10 Å². The summed E-state index contributed by atoms with van der Waals surface area (Å²) in [5, 5.41) is 6.89. The summed E-state index contributed by atoms with van der Waals surface area (Å²) in [6.07, 6.45) is 0.480. The number of thioether (sulfide) groups is 1. The summed E-state index contributed by atoms with van der Waals surface area (Å²) in [4.78, 5) is 22.6. The van der Waals surface area contributed by atoms with E-state index in [2.05, 4.69) is 10.2 Å². The van der Waals surface area contributed by atoms with Gasteiger partial charge in [0.1, 0.15) is 6.04 Å². The van der Waals surface area contributed by atoms with Gasteiger partial charge in [0.15, 0.2) is 5.16 Å². The molecule has 3 N–H and O–H groups in total. The van der Waals surface area contributed by atoms with E-state index in [1.807, 2.05) is 6.92 Å². The van der Waals surface area contributed by atoms with Crippen molar-refractivity contribution >= 4 is 17.7 Å². The van der Waals surface area contributed by atoms with Gasteiger partial charge in [0.2, 0.25) is 0 Å². The SMILES string of the molecule is CCOC(=O)C(N)CCSc1n[nH]c(=O)n1CC. The van der Waals surface area contributed by atoms with Crippen LogP contribution >= 0.6 is 11.8 Å². The first-order valence-corrected chi connectivity index (χ1v) is 6.78. The van der Waals surface area contributed by atoms with E-state index in [0.717, 1.165) is 0 Å². The Labute approximate surface area is 109 Å². The summed E-state index contributed by atoms with van der Waals surface area (Å²) in [7, 11) is 0. The van der Waals surface area contributed by atoms with Gasteiger partial charge in [0.25, 0.3) is 0 Å². The number of hydrogen-bond acceptors (Lipinski definition) is 6. The molecule has 0 aliphatic carbocycles. The number of hydrogen-bond donors (Lipinski definition) is 2. The molecule has 0 saturated heterocycles. The number of carbonyl (C=O) groups excluding carboxylic acids is 1. The Morgan fingerprint density at radius 3 is 2.94 bits per heavy atom. The largest absolute Gasteiger partial charge is 0.465 e. The highest BCUT2D eigenvalue weighted by atomic mass is 32.2. The smallest absolute Gasteiger partial charge is 0.343 e. The van der Waals surface area contributed by atoms with Crippen LogP contribution in [0.5, 0.6) is 0 Å². The van der Waals surface area contributed by atoms with Crippen molar-refractivity contribution in [1.82, 2.24) is 14.8 Å². The Morgan fingerprint density at radius 2 is 2.33 bits per heavy atom. The zero-order valence-electron chi connectivity index (χ0n) is 10.5. The van der Waals surface area contributed by atoms with Gasteiger partial charge in [-0.05, 0) is 20.3 Å². The van der Waals surface area contributed by atoms with E-state index in [1.165, 1.54) is 16.3 Å². The van der Waals surface area contributed by atoms with E-state index in [9.17, 15) is 9.59 Å². The molecule has 1 rings (SSSR count). The molecule has 0 radical (unpaired) electrons. The maximum absolute atomic E-state index is 11.3. The first-order chi connectivity index (χ1) is 8.60. The fourth-order valence-corrected chi connectivity index (χ4v) is 2.37. The maximum atomic E-state index is 11.3. The fourth-order valence-electron chi connectivity index (χ4n) is 1.34. The van der Waals surface area contributed by atoms with Gasteiger partial charge in [-0.1, -0.05) is 11.8 Å². The summed E-state index contributed by atoms with van der Waals surface area (Å²) in [6, 6.07) is -0.627. The summed E-state index contributed by atoms with van der Waals surface area (Å²) in [5.41, 5.74) is 5.43. The van der Waals surface area contributed by atoms with E-state index >= 15 is 0 Å². The van der Waals surface area contributed by atoms with Crippen molar-refractivity contribution in [2.24, 2.45) is 5.73 Å². The average Bonchev–Trinajstić information content (AvgIpc) is 2.70. The molecule has 0 aliphatic heterocycles. The molecule has 0 fully saturated rings. The van der Waals surface area contributed by atoms with Gasteiger partial charge in [-0.3, -0.25) is 9.36 Å². The van der Waals surface area contributed by atoms with Gasteiger partial charge < -0.3 is 10.5 Å². The Morgan fingerprint density at radius 1 is 1.61 bits per heavy atom. The first kappa shape index (κ1) is 14.8. The third-order valence-electron chi connectivity index (χ3n) is 2.29. The Hall–Kier alpha value is -1.28. The van der Waals surface area contributed by atoms with Gasteiger partial charge in [0, 0.05) is 12.3 Å². The number of rotatable bonds is 7. The minimum atomic E-state index is -0.627. The lowest BCUT2D eigenvalue weighted by Crippen LogP contribution is -2.32. The molecule has 1 atom stereocenters. The molecule has 1 aromatic rings. The Balaban J connectivity index is 2.42. The highest BCUT2D eigenvalue weighted by Gasteiger charge is 2.15. The molecule has 0 aliphatic rings. The van der Waals surface area contributed by atoms with E-state index in [1.54, 1.807) is 6.92 Å². The first-order valence-electron chi connectivity index (χ1n) is 5.80. The van der Waals surface area contributed by atoms with Crippen LogP contribution in [0.25, 0.3) is 0 Å². The zero-order chi connectivity index (χ0) is 13.5. The van der Waals surface area contributed by atoms with E-state index in [4.69, 9.17) is 10.5 Å². The van der Waals surface area contributed by atoms with Crippen LogP contribution in [0.4, 0.5) is 0 Å². The molecule has 8 heteroatoms. The number of nitrogens with zero attached hydrogens (tertiary/aromatic N) is 2. The standard InChI is InChI=1S/C10H18N4O3S/c1-3-14-9(16)12-13-10(14)18-6-5-7(11)8(15)17-4-2/h7H,3-6,11H2,1-2H3,(H,12,16). The van der Waals surface area contributed by atoms with Crippen molar-refractivity contribution in [3.63, 3.8) is 0 Å². The molecule has 1 unspecified atom stereocenters.